The zero-order chi connectivity index (χ0) is 17.5. The van der Waals surface area contributed by atoms with Crippen LogP contribution in [-0.2, 0) is 4.79 Å². The molecule has 0 amide bonds. The molecular formula is C20H33NO3. The van der Waals surface area contributed by atoms with E-state index in [0.29, 0.717) is 30.6 Å². The molecule has 0 aromatic heterocycles. The largest absolute Gasteiger partial charge is 0.392 e. The number of carbonyl (C=O) groups is 1. The second kappa shape index (κ2) is 5.05. The Bertz CT molecular complexity index is 565. The summed E-state index contributed by atoms with van der Waals surface area (Å²) in [6.45, 7) is 6.39. The van der Waals surface area contributed by atoms with Crippen LogP contribution in [0.2, 0.25) is 0 Å². The third kappa shape index (κ3) is 1.94. The van der Waals surface area contributed by atoms with E-state index in [9.17, 15) is 15.0 Å². The van der Waals surface area contributed by atoms with E-state index >= 15 is 0 Å². The summed E-state index contributed by atoms with van der Waals surface area (Å²) in [6, 6.07) is 0.0205. The Labute approximate surface area is 145 Å². The molecule has 4 N–H and O–H groups in total. The molecule has 0 spiro atoms. The maximum atomic E-state index is 12.0. The fourth-order valence-corrected chi connectivity index (χ4v) is 7.19. The van der Waals surface area contributed by atoms with Crippen molar-refractivity contribution in [2.75, 3.05) is 0 Å². The number of fused-ring (bicyclic) bond motifs is 3. The van der Waals surface area contributed by atoms with E-state index in [1.165, 1.54) is 0 Å². The quantitative estimate of drug-likeness (QED) is 0.723. The van der Waals surface area contributed by atoms with Gasteiger partial charge in [-0.25, -0.2) is 0 Å². The third-order valence-corrected chi connectivity index (χ3v) is 8.95. The number of rotatable bonds is 2. The molecule has 4 fully saturated rings. The van der Waals surface area contributed by atoms with Gasteiger partial charge in [-0.15, -0.1) is 0 Å². The molecule has 0 heterocycles. The Morgan fingerprint density at radius 3 is 2.62 bits per heavy atom. The Morgan fingerprint density at radius 1 is 1.25 bits per heavy atom. The van der Waals surface area contributed by atoms with Crippen LogP contribution in [0.1, 0.15) is 65.7 Å². The van der Waals surface area contributed by atoms with E-state index in [2.05, 4.69) is 13.8 Å². The highest BCUT2D eigenvalue weighted by Crippen LogP contribution is 2.70. The van der Waals surface area contributed by atoms with Crippen LogP contribution in [0.3, 0.4) is 0 Å². The predicted octanol–water partition coefficient (Wildman–Crippen LogP) is 2.26. The molecule has 9 atom stereocenters. The van der Waals surface area contributed by atoms with E-state index in [1.54, 1.807) is 0 Å². The van der Waals surface area contributed by atoms with E-state index in [4.69, 9.17) is 5.73 Å². The average molecular weight is 335 g/mol. The topological polar surface area (TPSA) is 83.5 Å². The van der Waals surface area contributed by atoms with Crippen LogP contribution >= 0.6 is 0 Å². The summed E-state index contributed by atoms with van der Waals surface area (Å²) in [5, 5.41) is 22.1. The van der Waals surface area contributed by atoms with Gasteiger partial charge in [-0.1, -0.05) is 20.8 Å². The lowest BCUT2D eigenvalue weighted by molar-refractivity contribution is -0.171. The fourth-order valence-electron chi connectivity index (χ4n) is 7.19. The Hall–Kier alpha value is -0.450. The van der Waals surface area contributed by atoms with Gasteiger partial charge < -0.3 is 15.9 Å². The highest BCUT2D eigenvalue weighted by atomic mass is 16.3. The van der Waals surface area contributed by atoms with Crippen LogP contribution in [0, 0.1) is 34.5 Å². The minimum atomic E-state index is -0.932. The van der Waals surface area contributed by atoms with Gasteiger partial charge in [-0.2, -0.15) is 0 Å². The van der Waals surface area contributed by atoms with Crippen LogP contribution in [0.15, 0.2) is 0 Å². The molecule has 4 aliphatic carbocycles. The second-order valence-electron chi connectivity index (χ2n) is 9.78. The van der Waals surface area contributed by atoms with E-state index in [-0.39, 0.29) is 41.1 Å². The zero-order valence-electron chi connectivity index (χ0n) is 15.3. The van der Waals surface area contributed by atoms with Crippen LogP contribution in [0.25, 0.3) is 0 Å². The van der Waals surface area contributed by atoms with Gasteiger partial charge >= 0.3 is 0 Å². The van der Waals surface area contributed by atoms with Crippen molar-refractivity contribution in [3.63, 3.8) is 0 Å². The molecule has 0 aliphatic heterocycles. The second-order valence-corrected chi connectivity index (χ2v) is 9.78. The van der Waals surface area contributed by atoms with E-state index < -0.39 is 5.60 Å². The number of hydrogen-bond donors (Lipinski definition) is 3. The van der Waals surface area contributed by atoms with Gasteiger partial charge in [0.15, 0.2) is 0 Å². The van der Waals surface area contributed by atoms with Gasteiger partial charge in [-0.3, -0.25) is 4.79 Å². The van der Waals surface area contributed by atoms with Gasteiger partial charge in [0.1, 0.15) is 5.78 Å². The molecule has 0 bridgehead atoms. The smallest absolute Gasteiger partial charge is 0.135 e. The summed E-state index contributed by atoms with van der Waals surface area (Å²) in [6.07, 6.45) is 5.06. The lowest BCUT2D eigenvalue weighted by Crippen LogP contribution is -2.63. The zero-order valence-corrected chi connectivity index (χ0v) is 15.3. The molecule has 4 saturated carbocycles. The van der Waals surface area contributed by atoms with Gasteiger partial charge in [-0.05, 0) is 61.2 Å². The van der Waals surface area contributed by atoms with E-state index in [1.807, 2.05) is 6.92 Å². The van der Waals surface area contributed by atoms with Crippen molar-refractivity contribution >= 4 is 5.78 Å². The van der Waals surface area contributed by atoms with Crippen molar-refractivity contribution in [3.05, 3.63) is 0 Å². The first kappa shape index (κ1) is 17.0. The van der Waals surface area contributed by atoms with Gasteiger partial charge in [0, 0.05) is 24.3 Å². The van der Waals surface area contributed by atoms with Crippen molar-refractivity contribution in [1.82, 2.24) is 0 Å². The van der Waals surface area contributed by atoms with E-state index in [0.717, 1.165) is 25.7 Å². The highest BCUT2D eigenvalue weighted by molar-refractivity contribution is 5.80. The molecular weight excluding hydrogens is 302 g/mol. The first-order valence-corrected chi connectivity index (χ1v) is 9.86. The van der Waals surface area contributed by atoms with Crippen molar-refractivity contribution < 1.29 is 15.0 Å². The predicted molar refractivity (Wildman–Crippen MR) is 92.1 cm³/mol. The number of carbonyl (C=O) groups excluding carboxylic acids is 1. The lowest BCUT2D eigenvalue weighted by Gasteiger charge is -2.58. The normalized spacial score (nSPS) is 59.8. The van der Waals surface area contributed by atoms with Crippen molar-refractivity contribution in [2.45, 2.75) is 83.5 Å². The number of aliphatic hydroxyl groups excluding tert-OH is 1. The van der Waals surface area contributed by atoms with Crippen molar-refractivity contribution in [3.8, 4) is 0 Å². The average Bonchev–Trinajstić information content (AvgIpc) is 3.26. The van der Waals surface area contributed by atoms with Gasteiger partial charge in [0.25, 0.3) is 0 Å². The SMILES string of the molecule is CCC1(O)CC(=O)CCC1(C)C1CCC2(C)C(O)[C@H]3C[C@H]3C2C1N. The third-order valence-electron chi connectivity index (χ3n) is 8.95. The monoisotopic (exact) mass is 335 g/mol. The molecule has 4 heteroatoms. The maximum absolute atomic E-state index is 12.0. The minimum absolute atomic E-state index is 0.0205. The first-order chi connectivity index (χ1) is 11.2. The lowest BCUT2D eigenvalue weighted by atomic mass is 9.49. The Kier molecular flexibility index (Phi) is 3.57. The van der Waals surface area contributed by atoms with Crippen LogP contribution in [-0.4, -0.2) is 33.7 Å². The van der Waals surface area contributed by atoms with Crippen LogP contribution in [0.4, 0.5) is 0 Å². The summed E-state index contributed by atoms with van der Waals surface area (Å²) >= 11 is 0. The number of nitrogens with two attached hydrogens (primary N) is 1. The number of ketones is 1. The highest BCUT2D eigenvalue weighted by Gasteiger charge is 2.70. The number of hydrogen-bond acceptors (Lipinski definition) is 4. The van der Waals surface area contributed by atoms with Crippen LogP contribution < -0.4 is 5.73 Å². The molecule has 4 rings (SSSR count). The van der Waals surface area contributed by atoms with Crippen molar-refractivity contribution in [1.29, 1.82) is 0 Å². The standard InChI is InChI=1S/C20H33NO3/c1-4-20(24)10-11(22)5-8-19(20,3)14-6-7-18(2)15(16(14)21)12-9-13(12)17(18)23/h12-17,23-24H,4-10,21H2,1-3H3/t12-,13+,14?,15?,16?,17?,18?,19?,20?/m1/s1. The molecule has 7 unspecified atom stereocenters. The minimum Gasteiger partial charge on any atom is -0.392 e. The number of aliphatic hydroxyl groups is 2. The Morgan fingerprint density at radius 2 is 1.96 bits per heavy atom. The fraction of sp³-hybridized carbons (Fsp3) is 0.950. The molecule has 0 saturated heterocycles. The number of Topliss-reactive ketones (excluding diaryl/α,β-unsaturated/α-hetero) is 1. The molecule has 136 valence electrons. The molecule has 4 nitrogen and oxygen atoms in total. The molecule has 4 aliphatic rings. The van der Waals surface area contributed by atoms with Gasteiger partial charge in [0.05, 0.1) is 11.7 Å². The molecule has 0 aromatic carbocycles. The van der Waals surface area contributed by atoms with Crippen LogP contribution in [0.5, 0.6) is 0 Å². The van der Waals surface area contributed by atoms with Crippen molar-refractivity contribution in [2.24, 2.45) is 40.2 Å². The molecule has 0 aromatic rings. The Balaban J connectivity index is 1.66. The first-order valence-electron chi connectivity index (χ1n) is 9.86. The summed E-state index contributed by atoms with van der Waals surface area (Å²) < 4.78 is 0. The maximum Gasteiger partial charge on any atom is 0.135 e. The summed E-state index contributed by atoms with van der Waals surface area (Å²) in [7, 11) is 0. The summed E-state index contributed by atoms with van der Waals surface area (Å²) in [5.41, 5.74) is 5.57. The summed E-state index contributed by atoms with van der Waals surface area (Å²) in [4.78, 5) is 12.0. The summed E-state index contributed by atoms with van der Waals surface area (Å²) in [5.74, 6) is 1.82. The van der Waals surface area contributed by atoms with Gasteiger partial charge in [0.2, 0.25) is 0 Å². The molecule has 24 heavy (non-hydrogen) atoms. The molecule has 0 radical (unpaired) electrons.